The van der Waals surface area contributed by atoms with Crippen molar-refractivity contribution in [2.45, 2.75) is 31.1 Å². The van der Waals surface area contributed by atoms with Crippen LogP contribution >= 0.6 is 11.6 Å². The van der Waals surface area contributed by atoms with Gasteiger partial charge in [-0.05, 0) is 37.0 Å². The summed E-state index contributed by atoms with van der Waals surface area (Å²) in [5.41, 5.74) is 0. The first-order valence-corrected chi connectivity index (χ1v) is 9.70. The predicted molar refractivity (Wildman–Crippen MR) is 89.7 cm³/mol. The second-order valence-corrected chi connectivity index (χ2v) is 8.47. The van der Waals surface area contributed by atoms with Gasteiger partial charge in [-0.2, -0.15) is 0 Å². The largest absolute Gasteiger partial charge is 0.495 e. The molecule has 1 saturated heterocycles. The van der Waals surface area contributed by atoms with Crippen molar-refractivity contribution in [3.05, 3.63) is 23.2 Å². The summed E-state index contributed by atoms with van der Waals surface area (Å²) in [5.74, 6) is 0.591. The average molecular weight is 360 g/mol. The monoisotopic (exact) mass is 359 g/mol. The highest BCUT2D eigenvalue weighted by Crippen LogP contribution is 2.27. The van der Waals surface area contributed by atoms with Gasteiger partial charge in [0.05, 0.1) is 22.8 Å². The van der Waals surface area contributed by atoms with Crippen LogP contribution in [0.1, 0.15) is 26.2 Å². The number of benzene rings is 1. The molecule has 1 aromatic rings. The lowest BCUT2D eigenvalue weighted by atomic mass is 10.0. The first kappa shape index (κ1) is 18.1. The van der Waals surface area contributed by atoms with Crippen LogP contribution in [0, 0.1) is 5.92 Å². The van der Waals surface area contributed by atoms with Crippen molar-refractivity contribution in [3.63, 3.8) is 0 Å². The van der Waals surface area contributed by atoms with Gasteiger partial charge in [-0.1, -0.05) is 18.5 Å². The molecule has 0 aliphatic carbocycles. The van der Waals surface area contributed by atoms with Crippen molar-refractivity contribution in [2.24, 2.45) is 5.92 Å². The second kappa shape index (κ2) is 7.53. The molecule has 1 amide bonds. The third kappa shape index (κ3) is 4.61. The van der Waals surface area contributed by atoms with Crippen molar-refractivity contribution in [3.8, 4) is 5.75 Å². The number of methoxy groups -OCH3 is 1. The number of carbonyl (C=O) groups is 1. The van der Waals surface area contributed by atoms with E-state index in [0.717, 1.165) is 19.4 Å². The number of piperidine rings is 1. The number of carbonyl (C=O) groups excluding carboxylic acids is 1. The number of sulfone groups is 1. The smallest absolute Gasteiger partial charge is 0.223 e. The zero-order valence-corrected chi connectivity index (χ0v) is 15.0. The Balaban J connectivity index is 2.01. The molecular formula is C16H22ClNO4S. The van der Waals surface area contributed by atoms with Crippen LogP contribution in [-0.2, 0) is 14.6 Å². The Kier molecular flexibility index (Phi) is 5.92. The van der Waals surface area contributed by atoms with Crippen LogP contribution in [0.2, 0.25) is 5.02 Å². The molecule has 1 fully saturated rings. The number of amides is 1. The van der Waals surface area contributed by atoms with Gasteiger partial charge in [0.1, 0.15) is 5.75 Å². The molecule has 7 heteroatoms. The van der Waals surface area contributed by atoms with Gasteiger partial charge >= 0.3 is 0 Å². The Morgan fingerprint density at radius 3 is 2.78 bits per heavy atom. The van der Waals surface area contributed by atoms with Gasteiger partial charge in [0.25, 0.3) is 0 Å². The summed E-state index contributed by atoms with van der Waals surface area (Å²) in [7, 11) is -2.08. The van der Waals surface area contributed by atoms with Gasteiger partial charge in [-0.3, -0.25) is 4.79 Å². The minimum atomic E-state index is -3.54. The molecule has 0 spiro atoms. The van der Waals surface area contributed by atoms with Crippen molar-refractivity contribution in [2.75, 3.05) is 26.0 Å². The fourth-order valence-electron chi connectivity index (χ4n) is 2.75. The van der Waals surface area contributed by atoms with Gasteiger partial charge in [0, 0.05) is 19.5 Å². The molecule has 0 radical (unpaired) electrons. The number of halogens is 1. The summed E-state index contributed by atoms with van der Waals surface area (Å²) in [6, 6.07) is 4.33. The summed E-state index contributed by atoms with van der Waals surface area (Å²) >= 11 is 5.97. The quantitative estimate of drug-likeness (QED) is 0.810. The highest BCUT2D eigenvalue weighted by molar-refractivity contribution is 7.91. The highest BCUT2D eigenvalue weighted by atomic mass is 35.5. The molecule has 1 aromatic carbocycles. The molecule has 128 valence electrons. The van der Waals surface area contributed by atoms with Gasteiger partial charge in [0.15, 0.2) is 9.84 Å². The lowest BCUT2D eigenvalue weighted by Crippen LogP contribution is -2.39. The summed E-state index contributed by atoms with van der Waals surface area (Å²) in [5, 5.41) is 0.241. The van der Waals surface area contributed by atoms with Gasteiger partial charge < -0.3 is 9.64 Å². The van der Waals surface area contributed by atoms with Crippen molar-refractivity contribution >= 4 is 27.3 Å². The maximum Gasteiger partial charge on any atom is 0.223 e. The van der Waals surface area contributed by atoms with E-state index in [0.29, 0.717) is 18.2 Å². The molecule has 23 heavy (non-hydrogen) atoms. The lowest BCUT2D eigenvalue weighted by Gasteiger charge is -2.31. The molecule has 1 heterocycles. The molecule has 0 aromatic heterocycles. The fourth-order valence-corrected chi connectivity index (χ4v) is 4.33. The fraction of sp³-hybridized carbons (Fsp3) is 0.562. The first-order chi connectivity index (χ1) is 10.8. The van der Waals surface area contributed by atoms with E-state index < -0.39 is 9.84 Å². The standard InChI is InChI=1S/C16H22ClNO4S/c1-12-4-3-8-18(11-12)16(19)7-9-23(20,21)13-5-6-15(22-2)14(17)10-13/h5-6,10,12H,3-4,7-9,11H2,1-2H3. The molecule has 0 N–H and O–H groups in total. The van der Waals surface area contributed by atoms with Crippen LogP contribution in [0.15, 0.2) is 23.1 Å². The van der Waals surface area contributed by atoms with Crippen molar-refractivity contribution < 1.29 is 17.9 Å². The van der Waals surface area contributed by atoms with Crippen molar-refractivity contribution in [1.82, 2.24) is 4.90 Å². The molecule has 0 bridgehead atoms. The maximum absolute atomic E-state index is 12.4. The average Bonchev–Trinajstić information content (AvgIpc) is 2.52. The maximum atomic E-state index is 12.4. The SMILES string of the molecule is COc1ccc(S(=O)(=O)CCC(=O)N2CCCC(C)C2)cc1Cl. The van der Waals surface area contributed by atoms with Crippen LogP contribution in [0.25, 0.3) is 0 Å². The van der Waals surface area contributed by atoms with Crippen LogP contribution in [0.5, 0.6) is 5.75 Å². The van der Waals surface area contributed by atoms with Gasteiger partial charge in [-0.25, -0.2) is 8.42 Å². The van der Waals surface area contributed by atoms with E-state index in [9.17, 15) is 13.2 Å². The van der Waals surface area contributed by atoms with Crippen LogP contribution in [0.4, 0.5) is 0 Å². The van der Waals surface area contributed by atoms with E-state index in [4.69, 9.17) is 16.3 Å². The van der Waals surface area contributed by atoms with E-state index in [1.807, 2.05) is 0 Å². The summed E-state index contributed by atoms with van der Waals surface area (Å²) < 4.78 is 29.7. The Morgan fingerprint density at radius 1 is 1.43 bits per heavy atom. The van der Waals surface area contributed by atoms with E-state index in [2.05, 4.69) is 6.92 Å². The number of hydrogen-bond donors (Lipinski definition) is 0. The number of nitrogens with zero attached hydrogens (tertiary/aromatic N) is 1. The van der Waals surface area contributed by atoms with E-state index >= 15 is 0 Å². The third-order valence-corrected chi connectivity index (χ3v) is 6.09. The van der Waals surface area contributed by atoms with Crippen LogP contribution in [-0.4, -0.2) is 45.2 Å². The predicted octanol–water partition coefficient (Wildman–Crippen LogP) is 2.77. The Labute approximate surface area is 142 Å². The van der Waals surface area contributed by atoms with Crippen LogP contribution < -0.4 is 4.74 Å². The number of ether oxygens (including phenoxy) is 1. The molecule has 1 atom stereocenters. The molecule has 5 nitrogen and oxygen atoms in total. The number of likely N-dealkylation sites (tertiary alicyclic amines) is 1. The molecular weight excluding hydrogens is 338 g/mol. The zero-order valence-electron chi connectivity index (χ0n) is 13.4. The molecule has 1 unspecified atom stereocenters. The first-order valence-electron chi connectivity index (χ1n) is 7.67. The Bertz CT molecular complexity index is 675. The molecule has 1 aliphatic rings. The van der Waals surface area contributed by atoms with E-state index in [-0.39, 0.29) is 28.0 Å². The Hall–Kier alpha value is -1.27. The van der Waals surface area contributed by atoms with E-state index in [1.165, 1.54) is 25.3 Å². The summed E-state index contributed by atoms with van der Waals surface area (Å²) in [6.07, 6.45) is 2.10. The number of rotatable bonds is 5. The summed E-state index contributed by atoms with van der Waals surface area (Å²) in [6.45, 7) is 3.54. The molecule has 2 rings (SSSR count). The highest BCUT2D eigenvalue weighted by Gasteiger charge is 2.23. The van der Waals surface area contributed by atoms with Crippen LogP contribution in [0.3, 0.4) is 0 Å². The lowest BCUT2D eigenvalue weighted by molar-refractivity contribution is -0.132. The zero-order chi connectivity index (χ0) is 17.0. The number of hydrogen-bond acceptors (Lipinski definition) is 4. The van der Waals surface area contributed by atoms with Crippen molar-refractivity contribution in [1.29, 1.82) is 0 Å². The second-order valence-electron chi connectivity index (χ2n) is 5.95. The molecule has 0 saturated carbocycles. The topological polar surface area (TPSA) is 63.7 Å². The van der Waals surface area contributed by atoms with Gasteiger partial charge in [0.2, 0.25) is 5.91 Å². The summed E-state index contributed by atoms with van der Waals surface area (Å²) in [4.78, 5) is 14.1. The minimum absolute atomic E-state index is 0.00129. The van der Waals surface area contributed by atoms with Gasteiger partial charge in [-0.15, -0.1) is 0 Å². The van der Waals surface area contributed by atoms with E-state index in [1.54, 1.807) is 4.90 Å². The Morgan fingerprint density at radius 2 is 2.17 bits per heavy atom. The minimum Gasteiger partial charge on any atom is -0.495 e. The third-order valence-electron chi connectivity index (χ3n) is 4.08. The normalized spacial score (nSPS) is 18.7. The molecule has 1 aliphatic heterocycles.